The van der Waals surface area contributed by atoms with E-state index < -0.39 is 0 Å². The molecule has 0 unspecified atom stereocenters. The molecule has 3 heterocycles. The number of fused-ring (bicyclic) bond motifs is 2. The standard InChI is InChI=1S/C22H24N4O3S2/c1-13-7-8-16-18(10-13)31-21(23-16)24-19(27)12-30-20-15-5-2-6-17(15)26(22(28)25-20)11-14-4-3-9-29-14/h7-8,10,14H,2-6,9,11-12H2,1H3,(H,23,24,27)/t14-/m0/s1. The Morgan fingerprint density at radius 3 is 3.06 bits per heavy atom. The van der Waals surface area contributed by atoms with Gasteiger partial charge >= 0.3 is 5.69 Å². The first kappa shape index (κ1) is 20.7. The Morgan fingerprint density at radius 1 is 1.32 bits per heavy atom. The number of thioether (sulfide) groups is 1. The lowest BCUT2D eigenvalue weighted by Crippen LogP contribution is -2.31. The fourth-order valence-electron chi connectivity index (χ4n) is 4.26. The number of nitrogens with zero attached hydrogens (tertiary/aromatic N) is 3. The third-order valence-corrected chi connectivity index (χ3v) is 7.69. The van der Waals surface area contributed by atoms with Gasteiger partial charge in [-0.25, -0.2) is 9.78 Å². The number of ether oxygens (including phenoxy) is 1. The number of nitrogens with one attached hydrogen (secondary N) is 1. The molecule has 0 spiro atoms. The Bertz CT molecular complexity index is 1200. The topological polar surface area (TPSA) is 86.1 Å². The molecule has 9 heteroatoms. The number of hydrogen-bond donors (Lipinski definition) is 1. The summed E-state index contributed by atoms with van der Waals surface area (Å²) in [6.07, 6.45) is 4.93. The van der Waals surface area contributed by atoms with Gasteiger partial charge < -0.3 is 10.1 Å². The van der Waals surface area contributed by atoms with E-state index in [2.05, 4.69) is 21.4 Å². The van der Waals surface area contributed by atoms with Gasteiger partial charge in [0, 0.05) is 17.9 Å². The predicted octanol–water partition coefficient (Wildman–Crippen LogP) is 3.56. The van der Waals surface area contributed by atoms with Crippen LogP contribution >= 0.6 is 23.1 Å². The molecule has 162 valence electrons. The number of aromatic nitrogens is 3. The predicted molar refractivity (Wildman–Crippen MR) is 123 cm³/mol. The zero-order chi connectivity index (χ0) is 21.4. The molecule has 2 aromatic heterocycles. The first-order chi connectivity index (χ1) is 15.1. The first-order valence-electron chi connectivity index (χ1n) is 10.6. The minimum absolute atomic E-state index is 0.103. The van der Waals surface area contributed by atoms with Gasteiger partial charge in [0.05, 0.1) is 28.6 Å². The molecule has 5 rings (SSSR count). The largest absolute Gasteiger partial charge is 0.376 e. The van der Waals surface area contributed by atoms with Crippen LogP contribution in [0.15, 0.2) is 28.0 Å². The van der Waals surface area contributed by atoms with Crippen molar-refractivity contribution < 1.29 is 9.53 Å². The molecule has 1 aromatic carbocycles. The Hall–Kier alpha value is -2.23. The molecule has 31 heavy (non-hydrogen) atoms. The minimum atomic E-state index is -0.236. The fraction of sp³-hybridized carbons (Fsp3) is 0.455. The number of thiazole rings is 1. The van der Waals surface area contributed by atoms with Gasteiger partial charge in [0.1, 0.15) is 5.03 Å². The van der Waals surface area contributed by atoms with Crippen LogP contribution in [0.1, 0.15) is 36.1 Å². The van der Waals surface area contributed by atoms with E-state index in [4.69, 9.17) is 4.74 Å². The first-order valence-corrected chi connectivity index (χ1v) is 12.4. The van der Waals surface area contributed by atoms with Crippen molar-refractivity contribution in [2.75, 3.05) is 17.7 Å². The number of aryl methyl sites for hydroxylation is 1. The van der Waals surface area contributed by atoms with E-state index in [1.165, 1.54) is 28.7 Å². The highest BCUT2D eigenvalue weighted by molar-refractivity contribution is 8.00. The molecule has 0 saturated carbocycles. The molecule has 0 bridgehead atoms. The molecular formula is C22H24N4O3S2. The van der Waals surface area contributed by atoms with E-state index in [1.807, 2.05) is 19.1 Å². The smallest absolute Gasteiger partial charge is 0.348 e. The lowest BCUT2D eigenvalue weighted by atomic mass is 10.2. The molecule has 1 aliphatic heterocycles. The van der Waals surface area contributed by atoms with Crippen LogP contribution in [0.4, 0.5) is 5.13 Å². The van der Waals surface area contributed by atoms with E-state index in [1.54, 1.807) is 4.57 Å². The summed E-state index contributed by atoms with van der Waals surface area (Å²) in [5.74, 6) is 0.0571. The third-order valence-electron chi connectivity index (χ3n) is 5.74. The second-order valence-electron chi connectivity index (χ2n) is 8.05. The third kappa shape index (κ3) is 4.40. The molecule has 1 saturated heterocycles. The minimum Gasteiger partial charge on any atom is -0.376 e. The van der Waals surface area contributed by atoms with Gasteiger partial charge in [0.25, 0.3) is 0 Å². The second kappa shape index (κ2) is 8.72. The second-order valence-corrected chi connectivity index (χ2v) is 10.0. The Labute approximate surface area is 188 Å². The lowest BCUT2D eigenvalue weighted by molar-refractivity contribution is -0.113. The van der Waals surface area contributed by atoms with Crippen LogP contribution in [0.5, 0.6) is 0 Å². The van der Waals surface area contributed by atoms with Gasteiger partial charge in [-0.1, -0.05) is 29.2 Å². The summed E-state index contributed by atoms with van der Waals surface area (Å²) in [4.78, 5) is 34.1. The fourth-order valence-corrected chi connectivity index (χ4v) is 6.12. The number of carbonyl (C=O) groups excluding carboxylic acids is 1. The zero-order valence-electron chi connectivity index (χ0n) is 17.3. The van der Waals surface area contributed by atoms with Crippen LogP contribution in [0.25, 0.3) is 10.2 Å². The number of hydrogen-bond acceptors (Lipinski definition) is 7. The number of anilines is 1. The van der Waals surface area contributed by atoms with Gasteiger partial charge in [-0.3, -0.25) is 9.36 Å². The van der Waals surface area contributed by atoms with Crippen LogP contribution in [-0.4, -0.2) is 38.9 Å². The molecule has 7 nitrogen and oxygen atoms in total. The van der Waals surface area contributed by atoms with Crippen LogP contribution in [0.3, 0.4) is 0 Å². The van der Waals surface area contributed by atoms with Gasteiger partial charge in [0.15, 0.2) is 5.13 Å². The zero-order valence-corrected chi connectivity index (χ0v) is 19.0. The highest BCUT2D eigenvalue weighted by atomic mass is 32.2. The van der Waals surface area contributed by atoms with E-state index in [9.17, 15) is 9.59 Å². The van der Waals surface area contributed by atoms with Crippen LogP contribution in [-0.2, 0) is 28.9 Å². The molecule has 2 aliphatic rings. The highest BCUT2D eigenvalue weighted by Gasteiger charge is 2.25. The Kier molecular flexibility index (Phi) is 5.81. The van der Waals surface area contributed by atoms with Crippen LogP contribution < -0.4 is 11.0 Å². The van der Waals surface area contributed by atoms with Crippen molar-refractivity contribution in [3.8, 4) is 0 Å². The Balaban J connectivity index is 1.28. The van der Waals surface area contributed by atoms with Crippen molar-refractivity contribution in [2.45, 2.75) is 56.7 Å². The van der Waals surface area contributed by atoms with E-state index in [0.29, 0.717) is 16.7 Å². The molecule has 0 radical (unpaired) electrons. The molecule has 1 fully saturated rings. The molecule has 1 N–H and O–H groups in total. The summed E-state index contributed by atoms with van der Waals surface area (Å²) >= 11 is 2.80. The maximum atomic E-state index is 12.7. The summed E-state index contributed by atoms with van der Waals surface area (Å²) < 4.78 is 8.57. The lowest BCUT2D eigenvalue weighted by Gasteiger charge is -2.17. The average Bonchev–Trinajstić information content (AvgIpc) is 3.48. The summed E-state index contributed by atoms with van der Waals surface area (Å²) in [6.45, 7) is 3.39. The SMILES string of the molecule is Cc1ccc2nc(NC(=O)CSc3nc(=O)n(C[C@@H]4CCCO4)c4c3CCC4)sc2c1. The summed E-state index contributed by atoms with van der Waals surface area (Å²) in [7, 11) is 0. The number of carbonyl (C=O) groups is 1. The maximum Gasteiger partial charge on any atom is 0.348 e. The maximum absolute atomic E-state index is 12.7. The van der Waals surface area contributed by atoms with Crippen molar-refractivity contribution in [1.82, 2.24) is 14.5 Å². The summed E-state index contributed by atoms with van der Waals surface area (Å²) in [6, 6.07) is 6.04. The van der Waals surface area contributed by atoms with Gasteiger partial charge in [-0.2, -0.15) is 4.98 Å². The van der Waals surface area contributed by atoms with Crippen LogP contribution in [0, 0.1) is 6.92 Å². The van der Waals surface area contributed by atoms with Crippen molar-refractivity contribution in [1.29, 1.82) is 0 Å². The average molecular weight is 457 g/mol. The Morgan fingerprint density at radius 2 is 2.23 bits per heavy atom. The highest BCUT2D eigenvalue weighted by Crippen LogP contribution is 2.31. The molecule has 1 amide bonds. The normalized spacial score (nSPS) is 17.9. The van der Waals surface area contributed by atoms with Gasteiger partial charge in [-0.15, -0.1) is 0 Å². The quantitative estimate of drug-likeness (QED) is 0.451. The monoisotopic (exact) mass is 456 g/mol. The number of benzene rings is 1. The summed E-state index contributed by atoms with van der Waals surface area (Å²) in [5.41, 5.74) is 4.00. The van der Waals surface area contributed by atoms with Crippen molar-refractivity contribution in [3.63, 3.8) is 0 Å². The molecular weight excluding hydrogens is 432 g/mol. The summed E-state index contributed by atoms with van der Waals surface area (Å²) in [5, 5.41) is 4.17. The molecule has 3 aromatic rings. The van der Waals surface area contributed by atoms with Crippen molar-refractivity contribution in [3.05, 3.63) is 45.5 Å². The van der Waals surface area contributed by atoms with Crippen molar-refractivity contribution in [2.24, 2.45) is 0 Å². The van der Waals surface area contributed by atoms with E-state index >= 15 is 0 Å². The van der Waals surface area contributed by atoms with E-state index in [0.717, 1.165) is 60.2 Å². The van der Waals surface area contributed by atoms with Gasteiger partial charge in [-0.05, 0) is 56.7 Å². The number of rotatable bonds is 6. The van der Waals surface area contributed by atoms with E-state index in [-0.39, 0.29) is 23.5 Å². The van der Waals surface area contributed by atoms with Gasteiger partial charge in [0.2, 0.25) is 5.91 Å². The molecule has 1 atom stereocenters. The number of amides is 1. The van der Waals surface area contributed by atoms with Crippen molar-refractivity contribution >= 4 is 44.4 Å². The molecule has 1 aliphatic carbocycles. The van der Waals surface area contributed by atoms with Crippen LogP contribution in [0.2, 0.25) is 0 Å².